The van der Waals surface area contributed by atoms with Crippen molar-refractivity contribution in [3.05, 3.63) is 83.2 Å². The summed E-state index contributed by atoms with van der Waals surface area (Å²) in [6.07, 6.45) is 4.73. The van der Waals surface area contributed by atoms with Crippen LogP contribution < -0.4 is 0 Å². The summed E-state index contributed by atoms with van der Waals surface area (Å²) in [5.41, 5.74) is 5.83. The molecule has 0 saturated carbocycles. The highest BCUT2D eigenvalue weighted by Crippen LogP contribution is 2.22. The van der Waals surface area contributed by atoms with Crippen molar-refractivity contribution in [3.63, 3.8) is 0 Å². The van der Waals surface area contributed by atoms with Gasteiger partial charge in [-0.3, -0.25) is 4.79 Å². The molecule has 4 nitrogen and oxygen atoms in total. The first-order valence-electron chi connectivity index (χ1n) is 11.0. The molecule has 4 heteroatoms. The lowest BCUT2D eigenvalue weighted by Crippen LogP contribution is -2.39. The average molecular weight is 402 g/mol. The van der Waals surface area contributed by atoms with E-state index in [1.54, 1.807) is 0 Å². The fourth-order valence-electron chi connectivity index (χ4n) is 4.44. The fraction of sp³-hybridized carbons (Fsp3) is 0.385. The van der Waals surface area contributed by atoms with Gasteiger partial charge in [-0.1, -0.05) is 42.5 Å². The molecule has 1 fully saturated rings. The molecule has 3 aromatic rings. The van der Waals surface area contributed by atoms with Gasteiger partial charge in [0, 0.05) is 25.2 Å². The van der Waals surface area contributed by atoms with Crippen LogP contribution in [0.25, 0.3) is 5.69 Å². The van der Waals surface area contributed by atoms with Gasteiger partial charge in [-0.05, 0) is 74.8 Å². The zero-order valence-corrected chi connectivity index (χ0v) is 18.1. The van der Waals surface area contributed by atoms with Crippen LogP contribution in [0.2, 0.25) is 0 Å². The van der Waals surface area contributed by atoms with Gasteiger partial charge in [0.05, 0.1) is 11.4 Å². The summed E-state index contributed by atoms with van der Waals surface area (Å²) in [5, 5.41) is 4.53. The van der Waals surface area contributed by atoms with Gasteiger partial charge in [0.1, 0.15) is 0 Å². The number of hydrogen-bond acceptors (Lipinski definition) is 2. The molecule has 30 heavy (non-hydrogen) atoms. The van der Waals surface area contributed by atoms with E-state index in [0.29, 0.717) is 12.3 Å². The maximum Gasteiger partial charge on any atom is 0.222 e. The Labute approximate surface area is 179 Å². The van der Waals surface area contributed by atoms with Crippen molar-refractivity contribution < 1.29 is 4.79 Å². The van der Waals surface area contributed by atoms with E-state index in [9.17, 15) is 4.79 Å². The number of carbonyl (C=O) groups is 1. The molecule has 0 spiro atoms. The molecular formula is C26H31N3O. The highest BCUT2D eigenvalue weighted by Gasteiger charge is 2.22. The molecular weight excluding hydrogens is 370 g/mol. The first-order valence-corrected chi connectivity index (χ1v) is 11.0. The second-order valence-electron chi connectivity index (χ2n) is 8.52. The molecule has 0 radical (unpaired) electrons. The monoisotopic (exact) mass is 401 g/mol. The van der Waals surface area contributed by atoms with Crippen molar-refractivity contribution in [3.8, 4) is 5.69 Å². The Morgan fingerprint density at radius 1 is 0.967 bits per heavy atom. The van der Waals surface area contributed by atoms with E-state index >= 15 is 0 Å². The molecule has 1 aliphatic rings. The van der Waals surface area contributed by atoms with Gasteiger partial charge < -0.3 is 4.90 Å². The molecule has 0 N–H and O–H groups in total. The second kappa shape index (κ2) is 9.29. The van der Waals surface area contributed by atoms with Gasteiger partial charge in [-0.25, -0.2) is 4.68 Å². The van der Waals surface area contributed by atoms with Crippen molar-refractivity contribution in [2.45, 2.75) is 46.0 Å². The van der Waals surface area contributed by atoms with E-state index in [1.165, 1.54) is 11.1 Å². The number of likely N-dealkylation sites (tertiary alicyclic amines) is 1. The topological polar surface area (TPSA) is 38.1 Å². The van der Waals surface area contributed by atoms with Crippen molar-refractivity contribution in [1.29, 1.82) is 0 Å². The molecule has 1 aromatic heterocycles. The number of nitrogens with zero attached hydrogens (tertiary/aromatic N) is 3. The van der Waals surface area contributed by atoms with Crippen molar-refractivity contribution in [2.75, 3.05) is 13.1 Å². The largest absolute Gasteiger partial charge is 0.343 e. The van der Waals surface area contributed by atoms with Crippen LogP contribution in [0, 0.1) is 19.8 Å². The maximum atomic E-state index is 12.7. The third kappa shape index (κ3) is 4.99. The molecule has 1 amide bonds. The van der Waals surface area contributed by atoms with E-state index < -0.39 is 0 Å². The van der Waals surface area contributed by atoms with Crippen LogP contribution in [0.15, 0.2) is 60.7 Å². The lowest BCUT2D eigenvalue weighted by atomic mass is 9.90. The normalized spacial score (nSPS) is 14.8. The number of piperidine rings is 1. The van der Waals surface area contributed by atoms with E-state index in [-0.39, 0.29) is 5.91 Å². The zero-order valence-electron chi connectivity index (χ0n) is 18.1. The average Bonchev–Trinajstić information content (AvgIpc) is 3.11. The molecule has 2 heterocycles. The Hall–Kier alpha value is -2.88. The summed E-state index contributed by atoms with van der Waals surface area (Å²) >= 11 is 0. The molecule has 0 bridgehead atoms. The summed E-state index contributed by atoms with van der Waals surface area (Å²) in [4.78, 5) is 14.7. The Morgan fingerprint density at radius 3 is 2.30 bits per heavy atom. The number of aryl methyl sites for hydroxylation is 3. The van der Waals surface area contributed by atoms with E-state index in [1.807, 2.05) is 11.6 Å². The van der Waals surface area contributed by atoms with Gasteiger partial charge in [-0.15, -0.1) is 0 Å². The molecule has 1 aliphatic heterocycles. The Morgan fingerprint density at radius 2 is 1.67 bits per heavy atom. The van der Waals surface area contributed by atoms with Crippen LogP contribution in [-0.4, -0.2) is 33.7 Å². The van der Waals surface area contributed by atoms with Crippen LogP contribution in [0.3, 0.4) is 0 Å². The van der Waals surface area contributed by atoms with Crippen LogP contribution in [-0.2, 0) is 17.6 Å². The van der Waals surface area contributed by atoms with Crippen LogP contribution in [0.5, 0.6) is 0 Å². The van der Waals surface area contributed by atoms with Gasteiger partial charge in [0.2, 0.25) is 5.91 Å². The molecule has 0 unspecified atom stereocenters. The second-order valence-corrected chi connectivity index (χ2v) is 8.52. The Balaban J connectivity index is 1.24. The first kappa shape index (κ1) is 20.4. The highest BCUT2D eigenvalue weighted by atomic mass is 16.2. The summed E-state index contributed by atoms with van der Waals surface area (Å²) in [5.74, 6) is 0.981. The van der Waals surface area contributed by atoms with Crippen LogP contribution >= 0.6 is 0 Å². The fourth-order valence-corrected chi connectivity index (χ4v) is 4.44. The smallest absolute Gasteiger partial charge is 0.222 e. The lowest BCUT2D eigenvalue weighted by Gasteiger charge is -2.32. The van der Waals surface area contributed by atoms with Gasteiger partial charge in [-0.2, -0.15) is 5.10 Å². The van der Waals surface area contributed by atoms with Crippen LogP contribution in [0.4, 0.5) is 0 Å². The molecule has 4 rings (SSSR count). The van der Waals surface area contributed by atoms with E-state index in [4.69, 9.17) is 0 Å². The minimum absolute atomic E-state index is 0.288. The van der Waals surface area contributed by atoms with Crippen molar-refractivity contribution in [1.82, 2.24) is 14.7 Å². The molecule has 156 valence electrons. The zero-order chi connectivity index (χ0) is 20.9. The number of amides is 1. The summed E-state index contributed by atoms with van der Waals surface area (Å²) < 4.78 is 1.96. The molecule has 0 atom stereocenters. The number of hydrogen-bond donors (Lipinski definition) is 0. The van der Waals surface area contributed by atoms with E-state index in [2.05, 4.69) is 77.6 Å². The summed E-state index contributed by atoms with van der Waals surface area (Å²) in [6, 6.07) is 21.2. The minimum Gasteiger partial charge on any atom is -0.343 e. The standard InChI is InChI=1S/C26H31N3O/c1-20-18-21(2)29(27-20)25-11-8-22(9-12-25)10-13-26(30)28-16-14-24(15-17-28)19-23-6-4-3-5-7-23/h3-9,11-12,18,24H,10,13-17,19H2,1-2H3. The third-order valence-electron chi connectivity index (χ3n) is 6.15. The molecule has 0 aliphatic carbocycles. The predicted molar refractivity (Wildman–Crippen MR) is 121 cm³/mol. The van der Waals surface area contributed by atoms with Crippen molar-refractivity contribution >= 4 is 5.91 Å². The predicted octanol–water partition coefficient (Wildman–Crippen LogP) is 4.90. The van der Waals surface area contributed by atoms with Crippen LogP contribution in [0.1, 0.15) is 41.8 Å². The van der Waals surface area contributed by atoms with Gasteiger partial charge >= 0.3 is 0 Å². The maximum absolute atomic E-state index is 12.7. The Bertz CT molecular complexity index is 967. The third-order valence-corrected chi connectivity index (χ3v) is 6.15. The Kier molecular flexibility index (Phi) is 6.32. The number of benzene rings is 2. The first-order chi connectivity index (χ1) is 14.6. The molecule has 1 saturated heterocycles. The number of aromatic nitrogens is 2. The van der Waals surface area contributed by atoms with Crippen molar-refractivity contribution in [2.24, 2.45) is 5.92 Å². The minimum atomic E-state index is 0.288. The summed E-state index contributed by atoms with van der Waals surface area (Å²) in [7, 11) is 0. The number of carbonyl (C=O) groups excluding carboxylic acids is 1. The quantitative estimate of drug-likeness (QED) is 0.589. The molecule has 2 aromatic carbocycles. The highest BCUT2D eigenvalue weighted by molar-refractivity contribution is 5.76. The number of rotatable bonds is 6. The van der Waals surface area contributed by atoms with Gasteiger partial charge in [0.15, 0.2) is 0 Å². The summed E-state index contributed by atoms with van der Waals surface area (Å²) in [6.45, 7) is 5.87. The lowest BCUT2D eigenvalue weighted by molar-refractivity contribution is -0.132. The SMILES string of the molecule is Cc1cc(C)n(-c2ccc(CCC(=O)N3CCC(Cc4ccccc4)CC3)cc2)n1. The van der Waals surface area contributed by atoms with E-state index in [0.717, 1.165) is 55.8 Å². The van der Waals surface area contributed by atoms with Gasteiger partial charge in [0.25, 0.3) is 0 Å².